The summed E-state index contributed by atoms with van der Waals surface area (Å²) in [5.41, 5.74) is 0. The zero-order chi connectivity index (χ0) is 14.2. The van der Waals surface area contributed by atoms with Crippen molar-refractivity contribution < 1.29 is 8.42 Å². The number of hydrogen-bond acceptors (Lipinski definition) is 3. The molecule has 5 nitrogen and oxygen atoms in total. The molecular formula is C12H29N3O2S. The first-order chi connectivity index (χ1) is 8.32. The lowest BCUT2D eigenvalue weighted by atomic mass is 10.2. The smallest absolute Gasteiger partial charge is 0.281 e. The van der Waals surface area contributed by atoms with Gasteiger partial charge in [-0.15, -0.1) is 0 Å². The molecule has 0 rings (SSSR count). The number of nitrogens with one attached hydrogen (secondary N) is 1. The Labute approximate surface area is 113 Å². The van der Waals surface area contributed by atoms with E-state index in [0.29, 0.717) is 19.0 Å². The van der Waals surface area contributed by atoms with E-state index in [0.717, 1.165) is 25.9 Å². The van der Waals surface area contributed by atoms with E-state index in [2.05, 4.69) is 12.2 Å². The van der Waals surface area contributed by atoms with Crippen molar-refractivity contribution in [3.63, 3.8) is 0 Å². The Morgan fingerprint density at radius 2 is 1.72 bits per heavy atom. The maximum atomic E-state index is 12.1. The van der Waals surface area contributed by atoms with Gasteiger partial charge in [0, 0.05) is 27.2 Å². The van der Waals surface area contributed by atoms with Gasteiger partial charge in [-0.05, 0) is 31.8 Å². The average Bonchev–Trinajstić information content (AvgIpc) is 2.27. The lowest BCUT2D eigenvalue weighted by molar-refractivity contribution is 0.363. The van der Waals surface area contributed by atoms with Gasteiger partial charge in [0.05, 0.1) is 0 Å². The van der Waals surface area contributed by atoms with Crippen molar-refractivity contribution in [2.24, 2.45) is 5.92 Å². The van der Waals surface area contributed by atoms with Gasteiger partial charge in [-0.3, -0.25) is 0 Å². The van der Waals surface area contributed by atoms with Gasteiger partial charge < -0.3 is 5.32 Å². The first kappa shape index (κ1) is 17.8. The van der Waals surface area contributed by atoms with Gasteiger partial charge in [-0.1, -0.05) is 20.8 Å². The van der Waals surface area contributed by atoms with Crippen molar-refractivity contribution in [2.45, 2.75) is 33.6 Å². The fraction of sp³-hybridized carbons (Fsp3) is 1.00. The maximum Gasteiger partial charge on any atom is 0.281 e. The molecule has 0 unspecified atom stereocenters. The highest BCUT2D eigenvalue weighted by molar-refractivity contribution is 7.86. The van der Waals surface area contributed by atoms with E-state index in [1.54, 1.807) is 14.1 Å². The molecule has 0 amide bonds. The predicted molar refractivity (Wildman–Crippen MR) is 76.8 cm³/mol. The second kappa shape index (κ2) is 8.85. The highest BCUT2D eigenvalue weighted by atomic mass is 32.2. The van der Waals surface area contributed by atoms with Gasteiger partial charge >= 0.3 is 0 Å². The molecule has 0 radical (unpaired) electrons. The number of nitrogens with zero attached hydrogens (tertiary/aromatic N) is 2. The summed E-state index contributed by atoms with van der Waals surface area (Å²) in [6.45, 7) is 9.11. The Balaban J connectivity index is 4.10. The van der Waals surface area contributed by atoms with Crippen LogP contribution >= 0.6 is 0 Å². The molecule has 0 fully saturated rings. The van der Waals surface area contributed by atoms with Crippen LogP contribution < -0.4 is 5.32 Å². The molecule has 6 heteroatoms. The van der Waals surface area contributed by atoms with Gasteiger partial charge in [0.2, 0.25) is 0 Å². The number of rotatable bonds is 10. The van der Waals surface area contributed by atoms with Crippen LogP contribution in [0.25, 0.3) is 0 Å². The second-order valence-electron chi connectivity index (χ2n) is 5.11. The van der Waals surface area contributed by atoms with Crippen LogP contribution in [0, 0.1) is 5.92 Å². The summed E-state index contributed by atoms with van der Waals surface area (Å²) in [5.74, 6) is 0.337. The third-order valence-electron chi connectivity index (χ3n) is 2.66. The minimum Gasteiger partial charge on any atom is -0.317 e. The third kappa shape index (κ3) is 6.68. The van der Waals surface area contributed by atoms with Crippen LogP contribution in [0.3, 0.4) is 0 Å². The van der Waals surface area contributed by atoms with Gasteiger partial charge in [-0.2, -0.15) is 17.0 Å². The normalized spacial score (nSPS) is 12.9. The zero-order valence-electron chi connectivity index (χ0n) is 12.4. The summed E-state index contributed by atoms with van der Waals surface area (Å²) in [6, 6.07) is 0. The summed E-state index contributed by atoms with van der Waals surface area (Å²) >= 11 is 0. The van der Waals surface area contributed by atoms with Crippen LogP contribution in [0.2, 0.25) is 0 Å². The van der Waals surface area contributed by atoms with Crippen LogP contribution in [0.4, 0.5) is 0 Å². The highest BCUT2D eigenvalue weighted by Crippen LogP contribution is 2.07. The summed E-state index contributed by atoms with van der Waals surface area (Å²) in [4.78, 5) is 0. The second-order valence-corrected chi connectivity index (χ2v) is 7.25. The van der Waals surface area contributed by atoms with Crippen molar-refractivity contribution in [1.82, 2.24) is 13.9 Å². The van der Waals surface area contributed by atoms with Crippen LogP contribution in [0.1, 0.15) is 33.6 Å². The topological polar surface area (TPSA) is 52.7 Å². The van der Waals surface area contributed by atoms with E-state index in [-0.39, 0.29) is 0 Å². The molecule has 1 N–H and O–H groups in total. The Bertz CT molecular complexity index is 304. The standard InChI is InChI=1S/C12H29N3O2S/c1-6-8-13-9-7-10-14(4)18(16,17)15(5)11-12(2)3/h12-13H,6-11H2,1-5H3. The fourth-order valence-electron chi connectivity index (χ4n) is 1.69. The van der Waals surface area contributed by atoms with Crippen LogP contribution in [-0.2, 0) is 10.2 Å². The molecule has 0 saturated heterocycles. The molecule has 0 aliphatic heterocycles. The summed E-state index contributed by atoms with van der Waals surface area (Å²) in [5, 5.41) is 3.27. The van der Waals surface area contributed by atoms with E-state index in [4.69, 9.17) is 0 Å². The minimum absolute atomic E-state index is 0.337. The highest BCUT2D eigenvalue weighted by Gasteiger charge is 2.23. The van der Waals surface area contributed by atoms with Gasteiger partial charge in [0.15, 0.2) is 0 Å². The summed E-state index contributed by atoms with van der Waals surface area (Å²) in [6.07, 6.45) is 1.94. The Morgan fingerprint density at radius 1 is 1.11 bits per heavy atom. The lowest BCUT2D eigenvalue weighted by Crippen LogP contribution is -2.42. The predicted octanol–water partition coefficient (Wildman–Crippen LogP) is 1.14. The molecular weight excluding hydrogens is 250 g/mol. The molecule has 0 atom stereocenters. The van der Waals surface area contributed by atoms with Gasteiger partial charge in [0.1, 0.15) is 0 Å². The van der Waals surface area contributed by atoms with Crippen LogP contribution in [0.15, 0.2) is 0 Å². The van der Waals surface area contributed by atoms with E-state index in [1.807, 2.05) is 13.8 Å². The van der Waals surface area contributed by atoms with E-state index in [1.165, 1.54) is 8.61 Å². The summed E-state index contributed by atoms with van der Waals surface area (Å²) in [7, 11) is -0.00304. The Kier molecular flexibility index (Phi) is 8.77. The average molecular weight is 279 g/mol. The van der Waals surface area contributed by atoms with Crippen molar-refractivity contribution in [2.75, 3.05) is 40.3 Å². The van der Waals surface area contributed by atoms with Gasteiger partial charge in [-0.25, -0.2) is 0 Å². The van der Waals surface area contributed by atoms with Crippen molar-refractivity contribution in [3.05, 3.63) is 0 Å². The van der Waals surface area contributed by atoms with E-state index in [9.17, 15) is 8.42 Å². The van der Waals surface area contributed by atoms with Crippen molar-refractivity contribution in [1.29, 1.82) is 0 Å². The fourth-order valence-corrected chi connectivity index (χ4v) is 3.01. The molecule has 0 aliphatic carbocycles. The molecule has 18 heavy (non-hydrogen) atoms. The number of hydrogen-bond donors (Lipinski definition) is 1. The molecule has 0 aromatic rings. The van der Waals surface area contributed by atoms with E-state index < -0.39 is 10.2 Å². The molecule has 0 aromatic carbocycles. The molecule has 0 bridgehead atoms. The van der Waals surface area contributed by atoms with Crippen molar-refractivity contribution in [3.8, 4) is 0 Å². The Morgan fingerprint density at radius 3 is 2.22 bits per heavy atom. The zero-order valence-corrected chi connectivity index (χ0v) is 13.3. The summed E-state index contributed by atoms with van der Waals surface area (Å²) < 4.78 is 27.1. The van der Waals surface area contributed by atoms with E-state index >= 15 is 0 Å². The minimum atomic E-state index is -3.29. The SMILES string of the molecule is CCCNCCCN(C)S(=O)(=O)N(C)CC(C)C. The third-order valence-corrected chi connectivity index (χ3v) is 4.57. The molecule has 0 heterocycles. The molecule has 0 aliphatic rings. The quantitative estimate of drug-likeness (QED) is 0.610. The largest absolute Gasteiger partial charge is 0.317 e. The molecule has 0 spiro atoms. The first-order valence-electron chi connectivity index (χ1n) is 6.70. The lowest BCUT2D eigenvalue weighted by Gasteiger charge is -2.25. The van der Waals surface area contributed by atoms with Crippen molar-refractivity contribution >= 4 is 10.2 Å². The first-order valence-corrected chi connectivity index (χ1v) is 8.10. The molecule has 0 saturated carbocycles. The maximum absolute atomic E-state index is 12.1. The van der Waals surface area contributed by atoms with Gasteiger partial charge in [0.25, 0.3) is 10.2 Å². The molecule has 0 aromatic heterocycles. The molecule has 110 valence electrons. The monoisotopic (exact) mass is 279 g/mol. The van der Waals surface area contributed by atoms with Crippen LogP contribution in [-0.4, -0.2) is 57.3 Å². The van der Waals surface area contributed by atoms with Crippen LogP contribution in [0.5, 0.6) is 0 Å². The Hall–Kier alpha value is -0.170.